The van der Waals surface area contributed by atoms with Crippen molar-refractivity contribution in [2.24, 2.45) is 0 Å². The summed E-state index contributed by atoms with van der Waals surface area (Å²) in [5.41, 5.74) is 2.07. The zero-order valence-electron chi connectivity index (χ0n) is 14.1. The third kappa shape index (κ3) is 5.05. The molecule has 1 aromatic rings. The van der Waals surface area contributed by atoms with Crippen LogP contribution in [0, 0.1) is 0 Å². The third-order valence-electron chi connectivity index (χ3n) is 4.98. The Bertz CT molecular complexity index is 488. The molecule has 1 aromatic carbocycles. The van der Waals surface area contributed by atoms with Gasteiger partial charge in [0.05, 0.1) is 0 Å². The van der Waals surface area contributed by atoms with Gasteiger partial charge < -0.3 is 10.2 Å². The van der Waals surface area contributed by atoms with Gasteiger partial charge in [-0.2, -0.15) is 0 Å². The molecule has 3 rings (SSSR count). The summed E-state index contributed by atoms with van der Waals surface area (Å²) in [7, 11) is 0. The molecule has 2 saturated heterocycles. The third-order valence-corrected chi connectivity index (χ3v) is 4.98. The van der Waals surface area contributed by atoms with Crippen molar-refractivity contribution in [2.45, 2.75) is 38.6 Å². The van der Waals surface area contributed by atoms with Crippen molar-refractivity contribution in [3.63, 3.8) is 0 Å². The lowest BCUT2D eigenvalue weighted by Gasteiger charge is -2.26. The van der Waals surface area contributed by atoms with Gasteiger partial charge in [-0.3, -0.25) is 9.69 Å². The van der Waals surface area contributed by atoms with Crippen LogP contribution in [0.25, 0.3) is 0 Å². The molecule has 2 heterocycles. The minimum absolute atomic E-state index is 0.0507. The Morgan fingerprint density at radius 2 is 1.48 bits per heavy atom. The van der Waals surface area contributed by atoms with Gasteiger partial charge in [0.25, 0.3) is 5.91 Å². The van der Waals surface area contributed by atoms with E-state index in [0.29, 0.717) is 0 Å². The first-order valence-corrected chi connectivity index (χ1v) is 9.13. The largest absolute Gasteiger partial charge is 0.351 e. The fourth-order valence-electron chi connectivity index (χ4n) is 3.57. The highest BCUT2D eigenvalue weighted by molar-refractivity contribution is 5.94. The summed E-state index contributed by atoms with van der Waals surface area (Å²) < 4.78 is 0. The molecule has 4 nitrogen and oxygen atoms in total. The molecule has 0 unspecified atom stereocenters. The van der Waals surface area contributed by atoms with Gasteiger partial charge in [-0.25, -0.2) is 0 Å². The molecule has 0 radical (unpaired) electrons. The fraction of sp³-hybridized carbons (Fsp3) is 0.632. The number of rotatable bonds is 6. The molecule has 4 heteroatoms. The lowest BCUT2D eigenvalue weighted by atomic mass is 10.1. The van der Waals surface area contributed by atoms with Crippen molar-refractivity contribution in [2.75, 3.05) is 39.3 Å². The Balaban J connectivity index is 1.41. The van der Waals surface area contributed by atoms with Crippen LogP contribution < -0.4 is 5.32 Å². The van der Waals surface area contributed by atoms with Gasteiger partial charge in [0.2, 0.25) is 0 Å². The molecule has 23 heavy (non-hydrogen) atoms. The average molecular weight is 315 g/mol. The second kappa shape index (κ2) is 8.46. The SMILES string of the molecule is O=C(NCCN1CCCCC1)c1ccc(CN2CCCC2)cc1. The standard InChI is InChI=1S/C19H29N3O/c23-19(20-10-15-21-11-2-1-3-12-21)18-8-6-17(7-9-18)16-22-13-4-5-14-22/h6-9H,1-5,10-16H2,(H,20,23). The molecule has 2 aliphatic rings. The van der Waals surface area contributed by atoms with Crippen molar-refractivity contribution >= 4 is 5.91 Å². The van der Waals surface area contributed by atoms with E-state index in [1.807, 2.05) is 12.1 Å². The lowest BCUT2D eigenvalue weighted by Crippen LogP contribution is -2.37. The summed E-state index contributed by atoms with van der Waals surface area (Å²) in [6.45, 7) is 7.50. The van der Waals surface area contributed by atoms with Crippen LogP contribution >= 0.6 is 0 Å². The highest BCUT2D eigenvalue weighted by atomic mass is 16.1. The Morgan fingerprint density at radius 1 is 0.870 bits per heavy atom. The van der Waals surface area contributed by atoms with Crippen LogP contribution in [-0.4, -0.2) is 55.0 Å². The summed E-state index contributed by atoms with van der Waals surface area (Å²) in [5, 5.41) is 3.05. The number of benzene rings is 1. The molecule has 126 valence electrons. The van der Waals surface area contributed by atoms with Crippen molar-refractivity contribution in [3.8, 4) is 0 Å². The summed E-state index contributed by atoms with van der Waals surface area (Å²) in [4.78, 5) is 17.1. The Kier molecular flexibility index (Phi) is 6.06. The molecule has 0 bridgehead atoms. The van der Waals surface area contributed by atoms with Crippen molar-refractivity contribution in [1.82, 2.24) is 15.1 Å². The summed E-state index contributed by atoms with van der Waals surface area (Å²) in [6.07, 6.45) is 6.58. The number of nitrogens with zero attached hydrogens (tertiary/aromatic N) is 2. The molecular formula is C19H29N3O. The minimum atomic E-state index is 0.0507. The smallest absolute Gasteiger partial charge is 0.251 e. The molecule has 1 N–H and O–H groups in total. The number of carbonyl (C=O) groups excluding carboxylic acids is 1. The molecule has 0 atom stereocenters. The number of hydrogen-bond acceptors (Lipinski definition) is 3. The Labute approximate surface area is 139 Å². The van der Waals surface area contributed by atoms with Crippen LogP contribution in [0.1, 0.15) is 48.0 Å². The maximum atomic E-state index is 12.2. The minimum Gasteiger partial charge on any atom is -0.351 e. The first-order chi connectivity index (χ1) is 11.3. The first kappa shape index (κ1) is 16.5. The summed E-state index contributed by atoms with van der Waals surface area (Å²) >= 11 is 0. The summed E-state index contributed by atoms with van der Waals surface area (Å²) in [5.74, 6) is 0.0507. The zero-order chi connectivity index (χ0) is 15.9. The molecule has 2 aliphatic heterocycles. The second-order valence-corrected chi connectivity index (χ2v) is 6.84. The van der Waals surface area contributed by atoms with Crippen LogP contribution in [0.5, 0.6) is 0 Å². The molecule has 0 spiro atoms. The molecule has 2 fully saturated rings. The number of hydrogen-bond donors (Lipinski definition) is 1. The van der Waals surface area contributed by atoms with Crippen molar-refractivity contribution in [1.29, 1.82) is 0 Å². The molecule has 0 aliphatic carbocycles. The van der Waals surface area contributed by atoms with Gasteiger partial charge in [0.1, 0.15) is 0 Å². The lowest BCUT2D eigenvalue weighted by molar-refractivity contribution is 0.0946. The molecule has 1 amide bonds. The predicted molar refractivity (Wildman–Crippen MR) is 93.6 cm³/mol. The van der Waals surface area contributed by atoms with Gasteiger partial charge in [-0.1, -0.05) is 18.6 Å². The van der Waals surface area contributed by atoms with E-state index in [2.05, 4.69) is 27.2 Å². The van der Waals surface area contributed by atoms with Gasteiger partial charge >= 0.3 is 0 Å². The van der Waals surface area contributed by atoms with E-state index < -0.39 is 0 Å². The van der Waals surface area contributed by atoms with E-state index in [0.717, 1.165) is 25.2 Å². The average Bonchev–Trinajstić information content (AvgIpc) is 3.09. The van der Waals surface area contributed by atoms with Gasteiger partial charge in [0, 0.05) is 25.2 Å². The van der Waals surface area contributed by atoms with E-state index in [4.69, 9.17) is 0 Å². The van der Waals surface area contributed by atoms with E-state index >= 15 is 0 Å². The first-order valence-electron chi connectivity index (χ1n) is 9.13. The zero-order valence-corrected chi connectivity index (χ0v) is 14.1. The monoisotopic (exact) mass is 315 g/mol. The Morgan fingerprint density at radius 3 is 2.17 bits per heavy atom. The second-order valence-electron chi connectivity index (χ2n) is 6.84. The number of carbonyl (C=O) groups is 1. The number of likely N-dealkylation sites (tertiary alicyclic amines) is 2. The maximum Gasteiger partial charge on any atom is 0.251 e. The summed E-state index contributed by atoms with van der Waals surface area (Å²) in [6, 6.07) is 8.11. The quantitative estimate of drug-likeness (QED) is 0.876. The van der Waals surface area contributed by atoms with Gasteiger partial charge in [-0.15, -0.1) is 0 Å². The topological polar surface area (TPSA) is 35.6 Å². The van der Waals surface area contributed by atoms with E-state index in [1.165, 1.54) is 63.8 Å². The van der Waals surface area contributed by atoms with E-state index in [9.17, 15) is 4.79 Å². The normalized spacial score (nSPS) is 19.8. The molecule has 0 saturated carbocycles. The number of piperidine rings is 1. The van der Waals surface area contributed by atoms with Crippen LogP contribution in [0.15, 0.2) is 24.3 Å². The van der Waals surface area contributed by atoms with Gasteiger partial charge in [-0.05, 0) is 69.6 Å². The van der Waals surface area contributed by atoms with E-state index in [1.54, 1.807) is 0 Å². The van der Waals surface area contributed by atoms with E-state index in [-0.39, 0.29) is 5.91 Å². The highest BCUT2D eigenvalue weighted by Crippen LogP contribution is 2.13. The highest BCUT2D eigenvalue weighted by Gasteiger charge is 2.13. The molecular weight excluding hydrogens is 286 g/mol. The number of amides is 1. The van der Waals surface area contributed by atoms with Crippen LogP contribution in [0.3, 0.4) is 0 Å². The number of nitrogens with one attached hydrogen (secondary N) is 1. The molecule has 0 aromatic heterocycles. The predicted octanol–water partition coefficient (Wildman–Crippen LogP) is 2.50. The van der Waals surface area contributed by atoms with Crippen molar-refractivity contribution < 1.29 is 4.79 Å². The maximum absolute atomic E-state index is 12.2. The fourth-order valence-corrected chi connectivity index (χ4v) is 3.57. The van der Waals surface area contributed by atoms with Crippen LogP contribution in [0.4, 0.5) is 0 Å². The van der Waals surface area contributed by atoms with Crippen molar-refractivity contribution in [3.05, 3.63) is 35.4 Å². The Hall–Kier alpha value is -1.39. The van der Waals surface area contributed by atoms with Crippen LogP contribution in [0.2, 0.25) is 0 Å². The van der Waals surface area contributed by atoms with Crippen LogP contribution in [-0.2, 0) is 6.54 Å². The van der Waals surface area contributed by atoms with Gasteiger partial charge in [0.15, 0.2) is 0 Å².